The Labute approximate surface area is 106 Å². The first-order chi connectivity index (χ1) is 8.61. The van der Waals surface area contributed by atoms with E-state index in [1.54, 1.807) is 6.07 Å². The highest BCUT2D eigenvalue weighted by atomic mass is 19.1. The summed E-state index contributed by atoms with van der Waals surface area (Å²) in [7, 11) is 0. The van der Waals surface area contributed by atoms with Crippen LogP contribution in [0.3, 0.4) is 0 Å². The van der Waals surface area contributed by atoms with Crippen LogP contribution in [0, 0.1) is 28.9 Å². The summed E-state index contributed by atoms with van der Waals surface area (Å²) in [6.07, 6.45) is 4.59. The van der Waals surface area contributed by atoms with E-state index in [-0.39, 0.29) is 17.3 Å². The molecule has 1 atom stereocenters. The molecule has 18 heavy (non-hydrogen) atoms. The van der Waals surface area contributed by atoms with Crippen molar-refractivity contribution in [3.8, 4) is 6.07 Å². The zero-order chi connectivity index (χ0) is 13.1. The van der Waals surface area contributed by atoms with Gasteiger partial charge in [-0.3, -0.25) is 0 Å². The zero-order valence-corrected chi connectivity index (χ0v) is 10.3. The van der Waals surface area contributed by atoms with Crippen LogP contribution in [0.4, 0.5) is 14.5 Å². The molecule has 1 N–H and O–H groups in total. The lowest BCUT2D eigenvalue weighted by Crippen LogP contribution is -2.25. The number of nitrogens with one attached hydrogen (secondary N) is 1. The molecule has 96 valence electrons. The zero-order valence-electron chi connectivity index (χ0n) is 10.3. The average Bonchev–Trinajstić information content (AvgIpc) is 2.87. The van der Waals surface area contributed by atoms with Crippen LogP contribution in [0.15, 0.2) is 12.1 Å². The van der Waals surface area contributed by atoms with E-state index >= 15 is 0 Å². The maximum atomic E-state index is 13.7. The van der Waals surface area contributed by atoms with E-state index in [4.69, 9.17) is 5.26 Å². The summed E-state index contributed by atoms with van der Waals surface area (Å²) in [5.41, 5.74) is -0.113. The second-order valence-corrected chi connectivity index (χ2v) is 4.90. The molecule has 0 spiro atoms. The maximum Gasteiger partial charge on any atom is 0.150 e. The van der Waals surface area contributed by atoms with Crippen LogP contribution >= 0.6 is 0 Å². The van der Waals surface area contributed by atoms with E-state index in [2.05, 4.69) is 5.32 Å². The van der Waals surface area contributed by atoms with Gasteiger partial charge in [0.05, 0.1) is 11.6 Å². The summed E-state index contributed by atoms with van der Waals surface area (Å²) in [5, 5.41) is 11.5. The number of halogens is 2. The molecule has 1 aromatic carbocycles. The number of benzene rings is 1. The minimum atomic E-state index is -0.698. The lowest BCUT2D eigenvalue weighted by atomic mass is 9.99. The van der Waals surface area contributed by atoms with Gasteiger partial charge < -0.3 is 5.32 Å². The molecule has 1 unspecified atom stereocenters. The van der Waals surface area contributed by atoms with Crippen molar-refractivity contribution in [1.82, 2.24) is 0 Å². The SMILES string of the molecule is CC(Nc1c(F)cc(C#N)cc1F)C1CCCC1. The van der Waals surface area contributed by atoms with Gasteiger partial charge in [-0.05, 0) is 37.8 Å². The van der Waals surface area contributed by atoms with Gasteiger partial charge in [-0.2, -0.15) is 5.26 Å². The van der Waals surface area contributed by atoms with Gasteiger partial charge in [0, 0.05) is 6.04 Å². The first kappa shape index (κ1) is 12.8. The number of nitriles is 1. The van der Waals surface area contributed by atoms with E-state index in [1.807, 2.05) is 6.92 Å². The molecule has 0 aliphatic heterocycles. The van der Waals surface area contributed by atoms with E-state index in [0.717, 1.165) is 25.0 Å². The van der Waals surface area contributed by atoms with Gasteiger partial charge >= 0.3 is 0 Å². The average molecular weight is 250 g/mol. The Morgan fingerprint density at radius 1 is 1.28 bits per heavy atom. The maximum absolute atomic E-state index is 13.7. The van der Waals surface area contributed by atoms with Crippen molar-refractivity contribution in [3.63, 3.8) is 0 Å². The molecule has 4 heteroatoms. The molecule has 1 aliphatic carbocycles. The molecule has 2 rings (SSSR count). The molecule has 1 aliphatic rings. The minimum absolute atomic E-state index is 0.00377. The second kappa shape index (κ2) is 5.34. The quantitative estimate of drug-likeness (QED) is 0.885. The highest BCUT2D eigenvalue weighted by molar-refractivity contribution is 5.51. The summed E-state index contributed by atoms with van der Waals surface area (Å²) in [4.78, 5) is 0. The third-order valence-corrected chi connectivity index (χ3v) is 3.65. The Morgan fingerprint density at radius 3 is 2.33 bits per heavy atom. The molecular formula is C14H16F2N2. The van der Waals surface area contributed by atoms with E-state index in [0.29, 0.717) is 5.92 Å². The van der Waals surface area contributed by atoms with Crippen molar-refractivity contribution in [2.75, 3.05) is 5.32 Å². The Hall–Kier alpha value is -1.63. The van der Waals surface area contributed by atoms with Crippen molar-refractivity contribution in [2.24, 2.45) is 5.92 Å². The fourth-order valence-electron chi connectivity index (χ4n) is 2.58. The van der Waals surface area contributed by atoms with Crippen LogP contribution in [-0.2, 0) is 0 Å². The third-order valence-electron chi connectivity index (χ3n) is 3.65. The van der Waals surface area contributed by atoms with Crippen LogP contribution in [-0.4, -0.2) is 6.04 Å². The second-order valence-electron chi connectivity index (χ2n) is 4.90. The van der Waals surface area contributed by atoms with Crippen molar-refractivity contribution < 1.29 is 8.78 Å². The third kappa shape index (κ3) is 2.61. The van der Waals surface area contributed by atoms with Gasteiger partial charge in [-0.1, -0.05) is 12.8 Å². The Balaban J connectivity index is 2.16. The van der Waals surface area contributed by atoms with Gasteiger partial charge in [0.25, 0.3) is 0 Å². The molecule has 0 radical (unpaired) electrons. The summed E-state index contributed by atoms with van der Waals surface area (Å²) in [6.45, 7) is 1.95. The molecule has 0 amide bonds. The highest BCUT2D eigenvalue weighted by Crippen LogP contribution is 2.30. The lowest BCUT2D eigenvalue weighted by Gasteiger charge is -2.22. The molecular weight excluding hydrogens is 234 g/mol. The fourth-order valence-corrected chi connectivity index (χ4v) is 2.58. The first-order valence-electron chi connectivity index (χ1n) is 6.27. The topological polar surface area (TPSA) is 35.8 Å². The highest BCUT2D eigenvalue weighted by Gasteiger charge is 2.23. The smallest absolute Gasteiger partial charge is 0.150 e. The number of rotatable bonds is 3. The first-order valence-corrected chi connectivity index (χ1v) is 6.27. The van der Waals surface area contributed by atoms with Gasteiger partial charge in [-0.25, -0.2) is 8.78 Å². The minimum Gasteiger partial charge on any atom is -0.378 e. The molecule has 0 bridgehead atoms. The Morgan fingerprint density at radius 2 is 1.83 bits per heavy atom. The normalized spacial score (nSPS) is 17.4. The van der Waals surface area contributed by atoms with Crippen LogP contribution < -0.4 is 5.32 Å². The van der Waals surface area contributed by atoms with Gasteiger partial charge in [0.2, 0.25) is 0 Å². The van der Waals surface area contributed by atoms with Crippen molar-refractivity contribution in [3.05, 3.63) is 29.3 Å². The number of anilines is 1. The van der Waals surface area contributed by atoms with E-state index in [9.17, 15) is 8.78 Å². The van der Waals surface area contributed by atoms with Crippen molar-refractivity contribution in [1.29, 1.82) is 5.26 Å². The molecule has 0 saturated heterocycles. The Kier molecular flexibility index (Phi) is 3.81. The summed E-state index contributed by atoms with van der Waals surface area (Å²) in [5.74, 6) is -0.924. The van der Waals surface area contributed by atoms with Crippen molar-refractivity contribution in [2.45, 2.75) is 38.6 Å². The number of nitrogens with zero attached hydrogens (tertiary/aromatic N) is 1. The fraction of sp³-hybridized carbons (Fsp3) is 0.500. The molecule has 0 aromatic heterocycles. The predicted molar refractivity (Wildman–Crippen MR) is 66.1 cm³/mol. The van der Waals surface area contributed by atoms with E-state index in [1.165, 1.54) is 12.8 Å². The largest absolute Gasteiger partial charge is 0.378 e. The lowest BCUT2D eigenvalue weighted by molar-refractivity contribution is 0.475. The Bertz CT molecular complexity index is 450. The molecule has 1 fully saturated rings. The summed E-state index contributed by atoms with van der Waals surface area (Å²) < 4.78 is 27.4. The molecule has 1 saturated carbocycles. The van der Waals surface area contributed by atoms with Crippen LogP contribution in [0.5, 0.6) is 0 Å². The van der Waals surface area contributed by atoms with Gasteiger partial charge in [0.15, 0.2) is 11.6 Å². The van der Waals surface area contributed by atoms with Gasteiger partial charge in [0.1, 0.15) is 5.69 Å². The number of hydrogen-bond donors (Lipinski definition) is 1. The van der Waals surface area contributed by atoms with Crippen LogP contribution in [0.1, 0.15) is 38.2 Å². The molecule has 2 nitrogen and oxygen atoms in total. The van der Waals surface area contributed by atoms with Crippen LogP contribution in [0.2, 0.25) is 0 Å². The predicted octanol–water partition coefficient (Wildman–Crippen LogP) is 3.83. The van der Waals surface area contributed by atoms with Crippen LogP contribution in [0.25, 0.3) is 0 Å². The summed E-state index contributed by atoms with van der Waals surface area (Å²) >= 11 is 0. The standard InChI is InChI=1S/C14H16F2N2/c1-9(11-4-2-3-5-11)18-14-12(15)6-10(8-17)7-13(14)16/h6-7,9,11,18H,2-5H2,1H3. The number of hydrogen-bond acceptors (Lipinski definition) is 2. The molecule has 1 aromatic rings. The monoisotopic (exact) mass is 250 g/mol. The van der Waals surface area contributed by atoms with E-state index < -0.39 is 11.6 Å². The van der Waals surface area contributed by atoms with Gasteiger partial charge in [-0.15, -0.1) is 0 Å². The van der Waals surface area contributed by atoms with Crippen molar-refractivity contribution >= 4 is 5.69 Å². The summed E-state index contributed by atoms with van der Waals surface area (Å²) in [6, 6.07) is 3.91. The molecule has 0 heterocycles.